The van der Waals surface area contributed by atoms with Gasteiger partial charge in [-0.3, -0.25) is 14.8 Å². The van der Waals surface area contributed by atoms with Crippen molar-refractivity contribution >= 4 is 11.7 Å². The van der Waals surface area contributed by atoms with E-state index in [0.29, 0.717) is 0 Å². The lowest BCUT2D eigenvalue weighted by atomic mass is 10.0. The van der Waals surface area contributed by atoms with Crippen molar-refractivity contribution in [2.24, 2.45) is 5.92 Å². The molecule has 2 aromatic rings. The van der Waals surface area contributed by atoms with Gasteiger partial charge in [-0.1, -0.05) is 74.5 Å². The molecule has 0 spiro atoms. The Balaban J connectivity index is 0.000000270. The Bertz CT molecular complexity index is 524. The molecule has 0 bridgehead atoms. The maximum absolute atomic E-state index is 11.8. The summed E-state index contributed by atoms with van der Waals surface area (Å²) >= 11 is 0. The van der Waals surface area contributed by atoms with Crippen molar-refractivity contribution in [3.05, 3.63) is 71.8 Å². The molecule has 4 nitrogen and oxygen atoms in total. The van der Waals surface area contributed by atoms with E-state index in [2.05, 4.69) is 0 Å². The fraction of sp³-hybridized carbons (Fsp3) is 0.176. The third-order valence-corrected chi connectivity index (χ3v) is 2.71. The summed E-state index contributed by atoms with van der Waals surface area (Å²) in [7, 11) is 0. The van der Waals surface area contributed by atoms with Gasteiger partial charge in [-0.15, -0.1) is 0 Å². The summed E-state index contributed by atoms with van der Waals surface area (Å²) in [6.07, 6.45) is 0. The minimum absolute atomic E-state index is 0.0752. The number of nitrogens with one attached hydrogen (secondary N) is 1. The molecule has 2 N–H and O–H groups in total. The van der Waals surface area contributed by atoms with Gasteiger partial charge in [0.25, 0.3) is 0 Å². The van der Waals surface area contributed by atoms with Crippen LogP contribution in [0.15, 0.2) is 60.7 Å². The van der Waals surface area contributed by atoms with E-state index in [1.54, 1.807) is 13.8 Å². The van der Waals surface area contributed by atoms with Crippen molar-refractivity contribution in [3.8, 4) is 0 Å². The molecule has 0 fully saturated rings. The minimum atomic E-state index is -0.347. The average Bonchev–Trinajstić information content (AvgIpc) is 2.55. The van der Waals surface area contributed by atoms with Crippen LogP contribution in [0.1, 0.15) is 29.8 Å². The first-order valence-electron chi connectivity index (χ1n) is 6.65. The predicted molar refractivity (Wildman–Crippen MR) is 81.1 cm³/mol. The lowest BCUT2D eigenvalue weighted by molar-refractivity contribution is -0.132. The molecule has 21 heavy (non-hydrogen) atoms. The van der Waals surface area contributed by atoms with Gasteiger partial charge < -0.3 is 0 Å². The molecule has 2 rings (SSSR count). The molecular formula is C17H19NO3. The molecule has 0 aliphatic carbocycles. The topological polar surface area (TPSA) is 66.4 Å². The number of benzene rings is 2. The van der Waals surface area contributed by atoms with Crippen LogP contribution >= 0.6 is 0 Å². The Morgan fingerprint density at radius 3 is 1.48 bits per heavy atom. The van der Waals surface area contributed by atoms with Crippen molar-refractivity contribution in [1.29, 1.82) is 0 Å². The summed E-state index contributed by atoms with van der Waals surface area (Å²) in [5.41, 5.74) is 3.00. The quantitative estimate of drug-likeness (QED) is 0.517. The first kappa shape index (κ1) is 16.6. The molecule has 0 aromatic heterocycles. The van der Waals surface area contributed by atoms with Gasteiger partial charge in [-0.25, -0.2) is 5.48 Å². The van der Waals surface area contributed by atoms with E-state index in [0.717, 1.165) is 11.1 Å². The highest BCUT2D eigenvalue weighted by atomic mass is 16.5. The minimum Gasteiger partial charge on any atom is -0.289 e. The summed E-state index contributed by atoms with van der Waals surface area (Å²) in [5.74, 6) is -0.406. The smallest absolute Gasteiger partial charge is 0.245 e. The van der Waals surface area contributed by atoms with Crippen LogP contribution in [-0.4, -0.2) is 16.9 Å². The Morgan fingerprint density at radius 2 is 1.24 bits per heavy atom. The van der Waals surface area contributed by atoms with E-state index in [1.165, 1.54) is 5.48 Å². The van der Waals surface area contributed by atoms with Crippen molar-refractivity contribution < 1.29 is 14.8 Å². The number of hydroxylamine groups is 1. The summed E-state index contributed by atoms with van der Waals surface area (Å²) < 4.78 is 0. The van der Waals surface area contributed by atoms with Crippen molar-refractivity contribution in [1.82, 2.24) is 5.48 Å². The number of hydrogen-bond acceptors (Lipinski definition) is 3. The zero-order valence-corrected chi connectivity index (χ0v) is 12.1. The van der Waals surface area contributed by atoms with E-state index in [1.807, 2.05) is 60.7 Å². The van der Waals surface area contributed by atoms with E-state index in [4.69, 9.17) is 5.21 Å². The van der Waals surface area contributed by atoms with Crippen LogP contribution in [0.25, 0.3) is 0 Å². The van der Waals surface area contributed by atoms with Gasteiger partial charge in [0.1, 0.15) is 0 Å². The number of rotatable bonds is 3. The average molecular weight is 285 g/mol. The Kier molecular flexibility index (Phi) is 6.84. The molecule has 0 aliphatic rings. The SMILES string of the molecule is CC(C)C(=O)NO.O=C(c1ccccc1)c1ccccc1. The van der Waals surface area contributed by atoms with Crippen LogP contribution in [-0.2, 0) is 4.79 Å². The third-order valence-electron chi connectivity index (χ3n) is 2.71. The number of amides is 1. The number of carbonyl (C=O) groups excluding carboxylic acids is 2. The molecule has 0 saturated heterocycles. The van der Waals surface area contributed by atoms with Crippen LogP contribution in [0, 0.1) is 5.92 Å². The molecule has 0 aliphatic heterocycles. The summed E-state index contributed by atoms with van der Waals surface area (Å²) in [4.78, 5) is 22.0. The number of hydrogen-bond donors (Lipinski definition) is 2. The van der Waals surface area contributed by atoms with E-state index < -0.39 is 0 Å². The highest BCUT2D eigenvalue weighted by Gasteiger charge is 2.06. The normalized spacial score (nSPS) is 9.52. The zero-order chi connectivity index (χ0) is 15.7. The van der Waals surface area contributed by atoms with Gasteiger partial charge in [-0.2, -0.15) is 0 Å². The summed E-state index contributed by atoms with van der Waals surface area (Å²) in [5, 5.41) is 7.91. The fourth-order valence-electron chi connectivity index (χ4n) is 1.47. The van der Waals surface area contributed by atoms with Gasteiger partial charge in [0.15, 0.2) is 5.78 Å². The van der Waals surface area contributed by atoms with E-state index >= 15 is 0 Å². The van der Waals surface area contributed by atoms with E-state index in [9.17, 15) is 9.59 Å². The Morgan fingerprint density at radius 1 is 0.857 bits per heavy atom. The second-order valence-corrected chi connectivity index (χ2v) is 4.69. The second kappa shape index (κ2) is 8.66. The molecule has 0 radical (unpaired) electrons. The first-order valence-corrected chi connectivity index (χ1v) is 6.65. The maximum Gasteiger partial charge on any atom is 0.245 e. The molecule has 0 atom stereocenters. The molecule has 1 amide bonds. The number of carbonyl (C=O) groups is 2. The van der Waals surface area contributed by atoms with Gasteiger partial charge in [0.2, 0.25) is 5.91 Å². The Labute approximate surface area is 124 Å². The van der Waals surface area contributed by atoms with Crippen molar-refractivity contribution in [3.63, 3.8) is 0 Å². The lowest BCUT2D eigenvalue weighted by Gasteiger charge is -1.99. The highest BCUT2D eigenvalue weighted by Crippen LogP contribution is 2.08. The van der Waals surface area contributed by atoms with Gasteiger partial charge in [-0.05, 0) is 0 Å². The summed E-state index contributed by atoms with van der Waals surface area (Å²) in [6.45, 7) is 3.40. The van der Waals surface area contributed by atoms with Gasteiger partial charge in [0, 0.05) is 17.0 Å². The van der Waals surface area contributed by atoms with Crippen molar-refractivity contribution in [2.75, 3.05) is 0 Å². The standard InChI is InChI=1S/C13H10O.C4H9NO2/c14-13(11-7-3-1-4-8-11)12-9-5-2-6-10-12;1-3(2)4(6)5-7/h1-10H;3,7H,1-2H3,(H,5,6). The highest BCUT2D eigenvalue weighted by molar-refractivity contribution is 6.08. The largest absolute Gasteiger partial charge is 0.289 e. The molecule has 0 saturated carbocycles. The van der Waals surface area contributed by atoms with Crippen LogP contribution in [0.4, 0.5) is 0 Å². The van der Waals surface area contributed by atoms with Gasteiger partial charge >= 0.3 is 0 Å². The van der Waals surface area contributed by atoms with Crippen LogP contribution in [0.3, 0.4) is 0 Å². The fourth-order valence-corrected chi connectivity index (χ4v) is 1.47. The zero-order valence-electron chi connectivity index (χ0n) is 12.1. The number of ketones is 1. The van der Waals surface area contributed by atoms with Crippen LogP contribution in [0.2, 0.25) is 0 Å². The molecule has 4 heteroatoms. The first-order chi connectivity index (χ1) is 10.1. The molecule has 0 heterocycles. The summed E-state index contributed by atoms with van der Waals surface area (Å²) in [6, 6.07) is 18.6. The van der Waals surface area contributed by atoms with Crippen LogP contribution in [0.5, 0.6) is 0 Å². The third kappa shape index (κ3) is 5.58. The van der Waals surface area contributed by atoms with Crippen molar-refractivity contribution in [2.45, 2.75) is 13.8 Å². The van der Waals surface area contributed by atoms with Crippen LogP contribution < -0.4 is 5.48 Å². The monoisotopic (exact) mass is 285 g/mol. The molecule has 2 aromatic carbocycles. The maximum atomic E-state index is 11.8. The molecule has 110 valence electrons. The molecule has 0 unspecified atom stereocenters. The Hall–Kier alpha value is -2.46. The van der Waals surface area contributed by atoms with E-state index in [-0.39, 0.29) is 17.6 Å². The molecular weight excluding hydrogens is 266 g/mol. The van der Waals surface area contributed by atoms with Gasteiger partial charge in [0.05, 0.1) is 0 Å². The second-order valence-electron chi connectivity index (χ2n) is 4.69. The predicted octanol–water partition coefficient (Wildman–Crippen LogP) is 3.07. The lowest BCUT2D eigenvalue weighted by Crippen LogP contribution is -2.23.